The van der Waals surface area contributed by atoms with E-state index in [1.165, 1.54) is 37.2 Å². The molecule has 2 aromatic heterocycles. The summed E-state index contributed by atoms with van der Waals surface area (Å²) in [6, 6.07) is 16.7. The second-order valence-corrected chi connectivity index (χ2v) is 10.4. The monoisotopic (exact) mass is 600 g/mol. The fourth-order valence-corrected chi connectivity index (χ4v) is 4.59. The molecule has 4 aromatic rings. The molecule has 0 fully saturated rings. The first-order valence-electron chi connectivity index (χ1n) is 11.4. The van der Waals surface area contributed by atoms with Crippen LogP contribution in [-0.4, -0.2) is 55.7 Å². The second kappa shape index (κ2) is 12.6. The first-order chi connectivity index (χ1) is 18.4. The van der Waals surface area contributed by atoms with Gasteiger partial charge in [-0.25, -0.2) is 19.0 Å². The summed E-state index contributed by atoms with van der Waals surface area (Å²) in [5.41, 5.74) is 1.86. The quantitative estimate of drug-likeness (QED) is 0.242. The van der Waals surface area contributed by atoms with E-state index in [4.69, 9.17) is 14.2 Å². The highest BCUT2D eigenvalue weighted by molar-refractivity contribution is 9.10. The van der Waals surface area contributed by atoms with Gasteiger partial charge in [0, 0.05) is 11.5 Å². The number of ether oxygens (including phenoxy) is 3. The van der Waals surface area contributed by atoms with Crippen LogP contribution in [0.15, 0.2) is 77.8 Å². The molecule has 0 aliphatic heterocycles. The van der Waals surface area contributed by atoms with E-state index < -0.39 is 10.2 Å². The van der Waals surface area contributed by atoms with E-state index >= 15 is 0 Å². The predicted octanol–water partition coefficient (Wildman–Crippen LogP) is 3.63. The fourth-order valence-electron chi connectivity index (χ4n) is 3.42. The molecule has 2 aromatic carbocycles. The summed E-state index contributed by atoms with van der Waals surface area (Å²) in [5.74, 6) is 0.869. The highest BCUT2D eigenvalue weighted by atomic mass is 79.9. The van der Waals surface area contributed by atoms with Crippen LogP contribution in [0.5, 0.6) is 17.6 Å². The number of rotatable bonds is 12. The Morgan fingerprint density at radius 1 is 0.921 bits per heavy atom. The van der Waals surface area contributed by atoms with Crippen LogP contribution in [0.4, 0.5) is 5.82 Å². The third-order valence-corrected chi connectivity index (χ3v) is 7.20. The van der Waals surface area contributed by atoms with Crippen molar-refractivity contribution in [2.24, 2.45) is 0 Å². The zero-order valence-corrected chi connectivity index (χ0v) is 23.0. The van der Waals surface area contributed by atoms with Crippen molar-refractivity contribution in [2.75, 3.05) is 31.7 Å². The molecule has 0 aliphatic rings. The Kier molecular flexibility index (Phi) is 9.05. The molecule has 0 unspecified atom stereocenters. The van der Waals surface area contributed by atoms with Gasteiger partial charge in [0.15, 0.2) is 11.6 Å². The van der Waals surface area contributed by atoms with E-state index in [2.05, 4.69) is 40.6 Å². The van der Waals surface area contributed by atoms with Gasteiger partial charge in [0.25, 0.3) is 0 Å². The lowest BCUT2D eigenvalue weighted by Gasteiger charge is -2.25. The first-order valence-corrected chi connectivity index (χ1v) is 13.6. The Labute approximate surface area is 229 Å². The van der Waals surface area contributed by atoms with Crippen LogP contribution in [0.3, 0.4) is 0 Å². The molecule has 198 valence electrons. The minimum absolute atomic E-state index is 0.0436. The van der Waals surface area contributed by atoms with Gasteiger partial charge in [0.2, 0.25) is 5.88 Å². The Hall–Kier alpha value is -3.81. The maximum atomic E-state index is 13.2. The summed E-state index contributed by atoms with van der Waals surface area (Å²) in [5, 5.41) is 0. The molecular weight excluding hydrogens is 576 g/mol. The molecule has 0 spiro atoms. The highest BCUT2D eigenvalue weighted by Crippen LogP contribution is 2.38. The van der Waals surface area contributed by atoms with Crippen LogP contribution in [0.2, 0.25) is 0 Å². The Balaban J connectivity index is 1.67. The molecule has 0 bridgehead atoms. The average Bonchev–Trinajstić information content (AvgIpc) is 2.95. The maximum absolute atomic E-state index is 13.2. The Morgan fingerprint density at radius 2 is 1.61 bits per heavy atom. The summed E-state index contributed by atoms with van der Waals surface area (Å²) >= 11 is 3.44. The third kappa shape index (κ3) is 6.73. The van der Waals surface area contributed by atoms with E-state index in [1.807, 2.05) is 54.6 Å². The van der Waals surface area contributed by atoms with Gasteiger partial charge in [-0.3, -0.25) is 0 Å². The molecule has 0 radical (unpaired) electrons. The molecule has 0 saturated carbocycles. The number of methoxy groups -OCH3 is 1. The van der Waals surface area contributed by atoms with Gasteiger partial charge < -0.3 is 14.2 Å². The molecule has 11 nitrogen and oxygen atoms in total. The van der Waals surface area contributed by atoms with Crippen LogP contribution in [0, 0.1) is 0 Å². The molecule has 4 rings (SSSR count). The standard InChI is InChI=1S/C25H25BrN6O5S/c1-27-38(33,34)32(16-18-6-4-3-5-7-18)23-22(19-8-10-20(26)11-9-19)24(31-17-30-23)36-12-13-37-25-28-14-21(35-2)15-29-25/h3-11,14-15,17,27H,12-13,16H2,1-2H3. The number of benzene rings is 2. The van der Waals surface area contributed by atoms with Crippen molar-refractivity contribution < 1.29 is 22.6 Å². The van der Waals surface area contributed by atoms with Gasteiger partial charge in [-0.05, 0) is 23.3 Å². The van der Waals surface area contributed by atoms with Gasteiger partial charge in [-0.2, -0.15) is 18.4 Å². The van der Waals surface area contributed by atoms with E-state index in [1.54, 1.807) is 0 Å². The Bertz CT molecular complexity index is 1440. The lowest BCUT2D eigenvalue weighted by atomic mass is 10.1. The molecule has 0 saturated heterocycles. The average molecular weight is 601 g/mol. The predicted molar refractivity (Wildman–Crippen MR) is 145 cm³/mol. The summed E-state index contributed by atoms with van der Waals surface area (Å²) in [4.78, 5) is 16.8. The highest BCUT2D eigenvalue weighted by Gasteiger charge is 2.28. The van der Waals surface area contributed by atoms with Crippen molar-refractivity contribution in [1.29, 1.82) is 0 Å². The number of halogens is 1. The van der Waals surface area contributed by atoms with Gasteiger partial charge >= 0.3 is 16.2 Å². The molecule has 1 N–H and O–H groups in total. The number of hydrogen-bond donors (Lipinski definition) is 1. The SMILES string of the molecule is CNS(=O)(=O)N(Cc1ccccc1)c1ncnc(OCCOc2ncc(OC)cn2)c1-c1ccc(Br)cc1. The third-order valence-electron chi connectivity index (χ3n) is 5.27. The summed E-state index contributed by atoms with van der Waals surface area (Å²) in [7, 11) is -1.08. The maximum Gasteiger partial charge on any atom is 0.316 e. The van der Waals surface area contributed by atoms with Crippen molar-refractivity contribution in [3.63, 3.8) is 0 Å². The lowest BCUT2D eigenvalue weighted by molar-refractivity contribution is 0.201. The number of anilines is 1. The van der Waals surface area contributed by atoms with E-state index in [0.29, 0.717) is 16.9 Å². The summed E-state index contributed by atoms with van der Waals surface area (Å²) in [6.07, 6.45) is 4.26. The molecule has 0 aliphatic carbocycles. The van der Waals surface area contributed by atoms with Gasteiger partial charge in [-0.15, -0.1) is 0 Å². The largest absolute Gasteiger partial charge is 0.494 e. The number of hydrogen-bond acceptors (Lipinski definition) is 9. The van der Waals surface area contributed by atoms with Crippen LogP contribution < -0.4 is 23.2 Å². The molecule has 38 heavy (non-hydrogen) atoms. The van der Waals surface area contributed by atoms with E-state index in [0.717, 1.165) is 10.0 Å². The van der Waals surface area contributed by atoms with Crippen molar-refractivity contribution in [1.82, 2.24) is 24.7 Å². The zero-order valence-electron chi connectivity index (χ0n) is 20.6. The topological polar surface area (TPSA) is 129 Å². The Morgan fingerprint density at radius 3 is 2.26 bits per heavy atom. The number of aromatic nitrogens is 4. The minimum atomic E-state index is -3.96. The lowest BCUT2D eigenvalue weighted by Crippen LogP contribution is -2.39. The summed E-state index contributed by atoms with van der Waals surface area (Å²) in [6.45, 7) is 0.253. The molecule has 13 heteroatoms. The van der Waals surface area contributed by atoms with Crippen molar-refractivity contribution in [3.05, 3.63) is 83.4 Å². The van der Waals surface area contributed by atoms with E-state index in [-0.39, 0.29) is 37.5 Å². The second-order valence-electron chi connectivity index (χ2n) is 7.69. The van der Waals surface area contributed by atoms with Gasteiger partial charge in [0.05, 0.1) is 31.6 Å². The van der Waals surface area contributed by atoms with E-state index in [9.17, 15) is 8.42 Å². The molecule has 0 amide bonds. The van der Waals surface area contributed by atoms with Gasteiger partial charge in [-0.1, -0.05) is 58.4 Å². The minimum Gasteiger partial charge on any atom is -0.494 e. The fraction of sp³-hybridized carbons (Fsp3) is 0.200. The van der Waals surface area contributed by atoms with Crippen molar-refractivity contribution in [2.45, 2.75) is 6.54 Å². The van der Waals surface area contributed by atoms with Crippen LogP contribution in [0.25, 0.3) is 11.1 Å². The van der Waals surface area contributed by atoms with Crippen LogP contribution in [-0.2, 0) is 16.8 Å². The molecule has 0 atom stereocenters. The normalized spacial score (nSPS) is 11.1. The number of nitrogens with zero attached hydrogens (tertiary/aromatic N) is 5. The molecular formula is C25H25BrN6O5S. The van der Waals surface area contributed by atoms with Crippen LogP contribution in [0.1, 0.15) is 5.56 Å². The van der Waals surface area contributed by atoms with Gasteiger partial charge in [0.1, 0.15) is 19.5 Å². The zero-order chi connectivity index (χ0) is 27.0. The number of nitrogens with one attached hydrogen (secondary N) is 1. The smallest absolute Gasteiger partial charge is 0.316 e. The first kappa shape index (κ1) is 27.2. The summed E-state index contributed by atoms with van der Waals surface area (Å²) < 4.78 is 47.4. The molecule has 2 heterocycles. The van der Waals surface area contributed by atoms with Crippen molar-refractivity contribution in [3.8, 4) is 28.8 Å². The van der Waals surface area contributed by atoms with Crippen molar-refractivity contribution >= 4 is 32.0 Å². The van der Waals surface area contributed by atoms with Crippen LogP contribution >= 0.6 is 15.9 Å².